The molecule has 0 aromatic heterocycles. The second-order valence-corrected chi connectivity index (χ2v) is 6.10. The molecule has 1 fully saturated rings. The zero-order valence-electron chi connectivity index (χ0n) is 11.6. The number of nitrogens with zero attached hydrogens (tertiary/aromatic N) is 1. The van der Waals surface area contributed by atoms with Crippen molar-refractivity contribution in [2.45, 2.75) is 30.8 Å². The molecule has 0 radical (unpaired) electrons. The zero-order valence-corrected chi connectivity index (χ0v) is 12.4. The summed E-state index contributed by atoms with van der Waals surface area (Å²) in [6, 6.07) is 8.42. The van der Waals surface area contributed by atoms with Crippen LogP contribution in [-0.2, 0) is 0 Å². The quantitative estimate of drug-likeness (QED) is 0.776. The fraction of sp³-hybridized carbons (Fsp3) is 0.600. The van der Waals surface area contributed by atoms with Crippen LogP contribution < -0.4 is 4.74 Å². The molecule has 1 aliphatic heterocycles. The van der Waals surface area contributed by atoms with Crippen LogP contribution in [0.4, 0.5) is 0 Å². The lowest BCUT2D eigenvalue weighted by atomic mass is 10.0. The fourth-order valence-corrected chi connectivity index (χ4v) is 3.02. The van der Waals surface area contributed by atoms with E-state index in [2.05, 4.69) is 49.4 Å². The first-order valence-corrected chi connectivity index (χ1v) is 7.91. The predicted octanol–water partition coefficient (Wildman–Crippen LogP) is 3.52. The van der Waals surface area contributed by atoms with Crippen molar-refractivity contribution in [1.82, 2.24) is 4.90 Å². The van der Waals surface area contributed by atoms with Crippen LogP contribution in [0.1, 0.15) is 19.8 Å². The molecule has 0 saturated carbocycles. The SMILES string of the molecule is CSc1cccc(OC2CCCN(C)CC2C)c1. The van der Waals surface area contributed by atoms with E-state index in [0.717, 1.165) is 18.7 Å². The molecule has 100 valence electrons. The first kappa shape index (κ1) is 13.8. The third-order valence-corrected chi connectivity index (χ3v) is 4.32. The molecule has 3 heteroatoms. The van der Waals surface area contributed by atoms with E-state index in [0.29, 0.717) is 12.0 Å². The van der Waals surface area contributed by atoms with Gasteiger partial charge in [0.15, 0.2) is 0 Å². The summed E-state index contributed by atoms with van der Waals surface area (Å²) >= 11 is 1.76. The van der Waals surface area contributed by atoms with E-state index >= 15 is 0 Å². The molecule has 2 atom stereocenters. The Hall–Kier alpha value is -0.670. The van der Waals surface area contributed by atoms with Crippen molar-refractivity contribution in [3.8, 4) is 5.75 Å². The highest BCUT2D eigenvalue weighted by atomic mass is 32.2. The highest BCUT2D eigenvalue weighted by Crippen LogP contribution is 2.25. The van der Waals surface area contributed by atoms with Crippen LogP contribution in [0.3, 0.4) is 0 Å². The number of hydrogen-bond acceptors (Lipinski definition) is 3. The maximum atomic E-state index is 6.20. The molecule has 2 rings (SSSR count). The summed E-state index contributed by atoms with van der Waals surface area (Å²) in [4.78, 5) is 3.68. The molecular formula is C15H23NOS. The minimum atomic E-state index is 0.354. The Balaban J connectivity index is 2.02. The molecule has 0 bridgehead atoms. The van der Waals surface area contributed by atoms with Gasteiger partial charge in [0, 0.05) is 17.4 Å². The largest absolute Gasteiger partial charge is 0.490 e. The van der Waals surface area contributed by atoms with Crippen molar-refractivity contribution in [3.63, 3.8) is 0 Å². The first-order valence-electron chi connectivity index (χ1n) is 6.68. The Morgan fingerprint density at radius 3 is 3.00 bits per heavy atom. The van der Waals surface area contributed by atoms with Crippen LogP contribution in [0, 0.1) is 5.92 Å². The summed E-state index contributed by atoms with van der Waals surface area (Å²) in [5.74, 6) is 1.61. The molecule has 1 aliphatic rings. The molecule has 1 heterocycles. The Morgan fingerprint density at radius 2 is 2.22 bits per heavy atom. The van der Waals surface area contributed by atoms with Crippen molar-refractivity contribution in [1.29, 1.82) is 0 Å². The van der Waals surface area contributed by atoms with Crippen LogP contribution in [0.15, 0.2) is 29.2 Å². The minimum absolute atomic E-state index is 0.354. The Bertz CT molecular complexity index is 383. The van der Waals surface area contributed by atoms with Gasteiger partial charge in [-0.2, -0.15) is 0 Å². The van der Waals surface area contributed by atoms with Gasteiger partial charge in [0.05, 0.1) is 0 Å². The Kier molecular flexibility index (Phi) is 4.95. The van der Waals surface area contributed by atoms with Crippen LogP contribution in [0.5, 0.6) is 5.75 Å². The van der Waals surface area contributed by atoms with Crippen molar-refractivity contribution in [2.75, 3.05) is 26.4 Å². The van der Waals surface area contributed by atoms with Crippen LogP contribution in [0.25, 0.3) is 0 Å². The summed E-state index contributed by atoms with van der Waals surface area (Å²) in [5.41, 5.74) is 0. The average Bonchev–Trinajstić information content (AvgIpc) is 2.52. The Labute approximate surface area is 115 Å². The van der Waals surface area contributed by atoms with E-state index in [1.807, 2.05) is 0 Å². The molecular weight excluding hydrogens is 242 g/mol. The maximum Gasteiger partial charge on any atom is 0.120 e. The molecule has 1 aromatic carbocycles. The van der Waals surface area contributed by atoms with Gasteiger partial charge in [-0.25, -0.2) is 0 Å². The van der Waals surface area contributed by atoms with Gasteiger partial charge in [-0.1, -0.05) is 13.0 Å². The highest BCUT2D eigenvalue weighted by molar-refractivity contribution is 7.98. The van der Waals surface area contributed by atoms with E-state index in [1.165, 1.54) is 17.9 Å². The van der Waals surface area contributed by atoms with Crippen LogP contribution in [-0.4, -0.2) is 37.4 Å². The maximum absolute atomic E-state index is 6.20. The van der Waals surface area contributed by atoms with E-state index in [4.69, 9.17) is 4.74 Å². The third kappa shape index (κ3) is 3.66. The molecule has 1 aromatic rings. The van der Waals surface area contributed by atoms with Crippen molar-refractivity contribution in [3.05, 3.63) is 24.3 Å². The molecule has 2 nitrogen and oxygen atoms in total. The van der Waals surface area contributed by atoms with Gasteiger partial charge in [0.25, 0.3) is 0 Å². The minimum Gasteiger partial charge on any atom is -0.490 e. The lowest BCUT2D eigenvalue weighted by Gasteiger charge is -2.24. The number of benzene rings is 1. The smallest absolute Gasteiger partial charge is 0.120 e. The second kappa shape index (κ2) is 6.48. The highest BCUT2D eigenvalue weighted by Gasteiger charge is 2.23. The number of likely N-dealkylation sites (tertiary alicyclic amines) is 1. The van der Waals surface area contributed by atoms with Gasteiger partial charge < -0.3 is 9.64 Å². The van der Waals surface area contributed by atoms with E-state index in [1.54, 1.807) is 11.8 Å². The average molecular weight is 265 g/mol. The van der Waals surface area contributed by atoms with Crippen LogP contribution >= 0.6 is 11.8 Å². The standard InChI is InChI=1S/C15H23NOS/c1-12-11-16(2)9-5-8-15(12)17-13-6-4-7-14(10-13)18-3/h4,6-7,10,12,15H,5,8-9,11H2,1-3H3. The van der Waals surface area contributed by atoms with Gasteiger partial charge in [-0.05, 0) is 50.9 Å². The Morgan fingerprint density at radius 1 is 1.39 bits per heavy atom. The van der Waals surface area contributed by atoms with E-state index in [9.17, 15) is 0 Å². The van der Waals surface area contributed by atoms with Crippen molar-refractivity contribution < 1.29 is 4.74 Å². The molecule has 2 unspecified atom stereocenters. The summed E-state index contributed by atoms with van der Waals surface area (Å²) in [5, 5.41) is 0. The lowest BCUT2D eigenvalue weighted by molar-refractivity contribution is 0.131. The van der Waals surface area contributed by atoms with Gasteiger partial charge in [0.2, 0.25) is 0 Å². The number of rotatable bonds is 3. The summed E-state index contributed by atoms with van der Waals surface area (Å²) in [7, 11) is 2.20. The fourth-order valence-electron chi connectivity index (χ4n) is 2.57. The number of hydrogen-bond donors (Lipinski definition) is 0. The monoisotopic (exact) mass is 265 g/mol. The molecule has 18 heavy (non-hydrogen) atoms. The van der Waals surface area contributed by atoms with E-state index in [-0.39, 0.29) is 0 Å². The van der Waals surface area contributed by atoms with Gasteiger partial charge in [-0.3, -0.25) is 0 Å². The molecule has 0 spiro atoms. The number of thioether (sulfide) groups is 1. The van der Waals surface area contributed by atoms with Crippen LogP contribution in [0.2, 0.25) is 0 Å². The van der Waals surface area contributed by atoms with Gasteiger partial charge in [0.1, 0.15) is 11.9 Å². The lowest BCUT2D eigenvalue weighted by Crippen LogP contribution is -2.30. The topological polar surface area (TPSA) is 12.5 Å². The van der Waals surface area contributed by atoms with Crippen molar-refractivity contribution in [2.24, 2.45) is 5.92 Å². The number of ether oxygens (including phenoxy) is 1. The molecule has 0 N–H and O–H groups in total. The first-order chi connectivity index (χ1) is 8.69. The molecule has 0 amide bonds. The molecule has 1 saturated heterocycles. The van der Waals surface area contributed by atoms with Gasteiger partial charge >= 0.3 is 0 Å². The summed E-state index contributed by atoms with van der Waals surface area (Å²) in [6.45, 7) is 4.62. The predicted molar refractivity (Wildman–Crippen MR) is 78.5 cm³/mol. The molecule has 0 aliphatic carbocycles. The normalized spacial score (nSPS) is 25.7. The van der Waals surface area contributed by atoms with Gasteiger partial charge in [-0.15, -0.1) is 11.8 Å². The summed E-state index contributed by atoms with van der Waals surface area (Å²) < 4.78 is 6.20. The zero-order chi connectivity index (χ0) is 13.0. The third-order valence-electron chi connectivity index (χ3n) is 3.59. The second-order valence-electron chi connectivity index (χ2n) is 5.22. The van der Waals surface area contributed by atoms with E-state index < -0.39 is 0 Å². The summed E-state index contributed by atoms with van der Waals surface area (Å²) in [6.07, 6.45) is 4.84. The van der Waals surface area contributed by atoms with Crippen molar-refractivity contribution >= 4 is 11.8 Å².